The van der Waals surface area contributed by atoms with Gasteiger partial charge in [-0.05, 0) is 57.4 Å². The van der Waals surface area contributed by atoms with Crippen LogP contribution in [0, 0.1) is 0 Å². The number of nitrogens with one attached hydrogen (secondary N) is 2. The molecule has 2 amide bonds. The van der Waals surface area contributed by atoms with Gasteiger partial charge in [0, 0.05) is 54.1 Å². The number of rotatable bonds is 4. The van der Waals surface area contributed by atoms with Crippen molar-refractivity contribution in [1.29, 1.82) is 0 Å². The molecule has 6 nitrogen and oxygen atoms in total. The van der Waals surface area contributed by atoms with E-state index in [4.69, 9.17) is 0 Å². The molecule has 1 atom stereocenters. The van der Waals surface area contributed by atoms with E-state index < -0.39 is 11.6 Å². The van der Waals surface area contributed by atoms with Gasteiger partial charge in [0.25, 0.3) is 0 Å². The normalized spacial score (nSPS) is 16.8. The first kappa shape index (κ1) is 21.0. The maximum atomic E-state index is 13.5. The number of amides is 2. The Kier molecular flexibility index (Phi) is 5.25. The van der Waals surface area contributed by atoms with E-state index in [1.807, 2.05) is 76.0 Å². The third-order valence-electron chi connectivity index (χ3n) is 5.78. The fraction of sp³-hybridized carbons (Fsp3) is 0.360. The van der Waals surface area contributed by atoms with Crippen molar-refractivity contribution in [2.45, 2.75) is 45.7 Å². The average molecular weight is 419 g/mol. The number of nitrogens with zero attached hydrogens (tertiary/aromatic N) is 2. The quantitative estimate of drug-likeness (QED) is 0.674. The van der Waals surface area contributed by atoms with Crippen molar-refractivity contribution in [3.63, 3.8) is 0 Å². The number of benzene rings is 1. The average Bonchev–Trinajstić information content (AvgIpc) is 3.24. The Morgan fingerprint density at radius 1 is 1.19 bits per heavy atom. The molecule has 1 aliphatic rings. The zero-order valence-electron chi connectivity index (χ0n) is 18.8. The molecule has 0 bridgehead atoms. The first-order chi connectivity index (χ1) is 14.7. The van der Waals surface area contributed by atoms with Crippen LogP contribution in [0.5, 0.6) is 0 Å². The zero-order chi connectivity index (χ0) is 22.3. The van der Waals surface area contributed by atoms with E-state index >= 15 is 0 Å². The summed E-state index contributed by atoms with van der Waals surface area (Å²) in [7, 11) is 1.93. The van der Waals surface area contributed by atoms with Crippen LogP contribution < -0.4 is 5.32 Å². The number of carbonyl (C=O) groups is 2. The monoisotopic (exact) mass is 418 g/mol. The fourth-order valence-corrected chi connectivity index (χ4v) is 4.36. The minimum atomic E-state index is -0.694. The summed E-state index contributed by atoms with van der Waals surface area (Å²) in [5, 5.41) is 4.23. The molecule has 0 saturated heterocycles. The highest BCUT2D eigenvalue weighted by atomic mass is 16.2. The first-order valence-corrected chi connectivity index (χ1v) is 10.7. The molecule has 3 aromatic rings. The summed E-state index contributed by atoms with van der Waals surface area (Å²) in [6, 6.07) is 9.42. The summed E-state index contributed by atoms with van der Waals surface area (Å²) < 4.78 is 1.96. The van der Waals surface area contributed by atoms with Crippen molar-refractivity contribution >= 4 is 28.3 Å². The number of H-pyrrole nitrogens is 1. The Labute approximate surface area is 182 Å². The number of hydrogen-bond donors (Lipinski definition) is 2. The van der Waals surface area contributed by atoms with Crippen LogP contribution in [0.15, 0.2) is 48.8 Å². The van der Waals surface area contributed by atoms with Crippen LogP contribution in [0.3, 0.4) is 0 Å². The number of fused-ring (bicyclic) bond motifs is 2. The lowest BCUT2D eigenvalue weighted by Crippen LogP contribution is -2.49. The van der Waals surface area contributed by atoms with E-state index in [1.54, 1.807) is 11.0 Å². The molecule has 1 aromatic carbocycles. The lowest BCUT2D eigenvalue weighted by Gasteiger charge is -2.33. The lowest BCUT2D eigenvalue weighted by molar-refractivity contribution is -0.138. The number of allylic oxidation sites excluding steroid dienone is 1. The summed E-state index contributed by atoms with van der Waals surface area (Å²) in [6.07, 6.45) is 6.25. The highest BCUT2D eigenvalue weighted by Gasteiger charge is 2.37. The van der Waals surface area contributed by atoms with Crippen molar-refractivity contribution in [2.75, 3.05) is 6.54 Å². The number of hydrogen-bond acceptors (Lipinski definition) is 2. The largest absolute Gasteiger partial charge is 0.361 e. The van der Waals surface area contributed by atoms with Crippen molar-refractivity contribution < 1.29 is 9.59 Å². The second-order valence-electron chi connectivity index (χ2n) is 9.34. The molecule has 0 aliphatic carbocycles. The third-order valence-corrected chi connectivity index (χ3v) is 5.78. The number of aryl methyl sites for hydroxylation is 1. The van der Waals surface area contributed by atoms with Gasteiger partial charge in [0.05, 0.1) is 5.69 Å². The van der Waals surface area contributed by atoms with E-state index in [0.29, 0.717) is 13.0 Å². The van der Waals surface area contributed by atoms with Gasteiger partial charge in [-0.1, -0.05) is 18.2 Å². The van der Waals surface area contributed by atoms with Crippen molar-refractivity contribution in [3.05, 3.63) is 65.6 Å². The van der Waals surface area contributed by atoms with Gasteiger partial charge in [0.1, 0.15) is 0 Å². The van der Waals surface area contributed by atoms with Gasteiger partial charge in [-0.15, -0.1) is 0 Å². The minimum Gasteiger partial charge on any atom is -0.361 e. The summed E-state index contributed by atoms with van der Waals surface area (Å²) in [6.45, 7) is 8.23. The maximum absolute atomic E-state index is 13.5. The zero-order valence-corrected chi connectivity index (χ0v) is 18.8. The molecule has 0 spiro atoms. The molecule has 2 N–H and O–H groups in total. The van der Waals surface area contributed by atoms with Crippen LogP contribution in [-0.4, -0.2) is 38.3 Å². The topological polar surface area (TPSA) is 70.1 Å². The van der Waals surface area contributed by atoms with Crippen LogP contribution in [0.4, 0.5) is 0 Å². The van der Waals surface area contributed by atoms with Crippen molar-refractivity contribution in [2.24, 2.45) is 7.05 Å². The molecule has 162 valence electrons. The number of carbonyl (C=O) groups excluding carboxylic acids is 2. The second kappa shape index (κ2) is 7.76. The molecule has 4 rings (SSSR count). The first-order valence-electron chi connectivity index (χ1n) is 10.7. The predicted octanol–water partition coefficient (Wildman–Crippen LogP) is 3.95. The van der Waals surface area contributed by atoms with E-state index in [0.717, 1.165) is 33.3 Å². The minimum absolute atomic E-state index is 0.136. The SMILES string of the molecule is CC1=CC(=O)N(CCc2c[nH]c3ccccc23)C(C(=O)NC(C)(C)C)c2c1ccn2C. The van der Waals surface area contributed by atoms with Crippen LogP contribution in [0.2, 0.25) is 0 Å². The highest BCUT2D eigenvalue weighted by Crippen LogP contribution is 2.34. The molecule has 31 heavy (non-hydrogen) atoms. The Morgan fingerprint density at radius 2 is 1.94 bits per heavy atom. The molecular formula is C25H30N4O2. The van der Waals surface area contributed by atoms with Gasteiger partial charge in [0.15, 0.2) is 6.04 Å². The third kappa shape index (κ3) is 4.02. The Balaban J connectivity index is 1.73. The van der Waals surface area contributed by atoms with E-state index in [9.17, 15) is 9.59 Å². The van der Waals surface area contributed by atoms with Gasteiger partial charge in [-0.2, -0.15) is 0 Å². The molecule has 0 saturated carbocycles. The summed E-state index contributed by atoms with van der Waals surface area (Å²) in [4.78, 5) is 31.7. The molecule has 0 radical (unpaired) electrons. The molecule has 3 heterocycles. The molecule has 2 aromatic heterocycles. The van der Waals surface area contributed by atoms with E-state index in [2.05, 4.69) is 16.4 Å². The summed E-state index contributed by atoms with van der Waals surface area (Å²) in [5.41, 5.74) is 4.48. The standard InChI is InChI=1S/C25H30N4O2/c1-16-14-21(30)29(13-10-17-15-26-20-9-7-6-8-19(17)20)23(24(31)27-25(2,3)4)22-18(16)11-12-28(22)5/h6-9,11-12,14-15,23,26H,10,13H2,1-5H3,(H,27,31). The lowest BCUT2D eigenvalue weighted by atomic mass is 10.0. The van der Waals surface area contributed by atoms with Gasteiger partial charge in [0.2, 0.25) is 11.8 Å². The Bertz CT molecular complexity index is 1180. The van der Waals surface area contributed by atoms with E-state index in [1.165, 1.54) is 0 Å². The predicted molar refractivity (Wildman–Crippen MR) is 123 cm³/mol. The smallest absolute Gasteiger partial charge is 0.249 e. The van der Waals surface area contributed by atoms with Crippen molar-refractivity contribution in [3.8, 4) is 0 Å². The van der Waals surface area contributed by atoms with E-state index in [-0.39, 0.29) is 11.8 Å². The van der Waals surface area contributed by atoms with Crippen LogP contribution in [-0.2, 0) is 23.1 Å². The van der Waals surface area contributed by atoms with Gasteiger partial charge >= 0.3 is 0 Å². The maximum Gasteiger partial charge on any atom is 0.249 e. The van der Waals surface area contributed by atoms with Crippen LogP contribution >= 0.6 is 0 Å². The molecule has 1 aliphatic heterocycles. The summed E-state index contributed by atoms with van der Waals surface area (Å²) in [5.74, 6) is -0.298. The summed E-state index contributed by atoms with van der Waals surface area (Å²) >= 11 is 0. The van der Waals surface area contributed by atoms with Crippen molar-refractivity contribution in [1.82, 2.24) is 19.8 Å². The van der Waals surface area contributed by atoms with Crippen LogP contribution in [0.1, 0.15) is 50.6 Å². The molecule has 6 heteroatoms. The highest BCUT2D eigenvalue weighted by molar-refractivity contribution is 6.01. The number of aromatic nitrogens is 2. The van der Waals surface area contributed by atoms with Gasteiger partial charge in [-0.3, -0.25) is 9.59 Å². The molecule has 1 unspecified atom stereocenters. The number of para-hydroxylation sites is 1. The Hall–Kier alpha value is -3.28. The van der Waals surface area contributed by atoms with Crippen LogP contribution in [0.25, 0.3) is 16.5 Å². The molecular weight excluding hydrogens is 388 g/mol. The Morgan fingerprint density at radius 3 is 2.68 bits per heavy atom. The fourth-order valence-electron chi connectivity index (χ4n) is 4.36. The molecule has 0 fully saturated rings. The number of aromatic amines is 1. The second-order valence-corrected chi connectivity index (χ2v) is 9.34. The van der Waals surface area contributed by atoms with Gasteiger partial charge < -0.3 is 19.8 Å². The van der Waals surface area contributed by atoms with Gasteiger partial charge in [-0.25, -0.2) is 0 Å².